The van der Waals surface area contributed by atoms with Crippen molar-refractivity contribution in [1.29, 1.82) is 0 Å². The summed E-state index contributed by atoms with van der Waals surface area (Å²) in [6.45, 7) is 1.90. The highest BCUT2D eigenvalue weighted by atomic mass is 16.6. The van der Waals surface area contributed by atoms with E-state index < -0.39 is 27.1 Å². The summed E-state index contributed by atoms with van der Waals surface area (Å²) in [5, 5.41) is 23.8. The van der Waals surface area contributed by atoms with Crippen LogP contribution in [0.2, 0.25) is 0 Å². The van der Waals surface area contributed by atoms with Crippen molar-refractivity contribution in [2.24, 2.45) is 0 Å². The van der Waals surface area contributed by atoms with Gasteiger partial charge < -0.3 is 5.32 Å². The number of amides is 1. The molecule has 1 aromatic carbocycles. The van der Waals surface area contributed by atoms with Crippen molar-refractivity contribution in [3.05, 3.63) is 44.0 Å². The van der Waals surface area contributed by atoms with Gasteiger partial charge in [0.2, 0.25) is 0 Å². The minimum Gasteiger partial charge on any atom is -0.341 e. The van der Waals surface area contributed by atoms with Gasteiger partial charge >= 0.3 is 0 Å². The molecule has 0 atom stereocenters. The fourth-order valence-electron chi connectivity index (χ4n) is 1.38. The second kappa shape index (κ2) is 6.84. The number of hydrogen-bond donors (Lipinski definition) is 1. The van der Waals surface area contributed by atoms with E-state index in [9.17, 15) is 25.0 Å². The summed E-state index contributed by atoms with van der Waals surface area (Å²) >= 11 is 0. The predicted octanol–water partition coefficient (Wildman–Crippen LogP) is 1.65. The number of carbonyl (C=O) groups excluding carboxylic acids is 1. The number of non-ortho nitro benzene ring substituents is 1. The minimum atomic E-state index is -0.834. The van der Waals surface area contributed by atoms with Crippen LogP contribution in [-0.2, 0) is 0 Å². The van der Waals surface area contributed by atoms with Gasteiger partial charge in [-0.3, -0.25) is 25.0 Å². The topological polar surface area (TPSA) is 115 Å². The Morgan fingerprint density at radius 2 is 1.95 bits per heavy atom. The summed E-state index contributed by atoms with van der Waals surface area (Å²) in [5.41, 5.74) is -1.29. The van der Waals surface area contributed by atoms with E-state index in [1.807, 2.05) is 6.92 Å². The van der Waals surface area contributed by atoms with Gasteiger partial charge in [-0.2, -0.15) is 0 Å². The molecule has 0 bridgehead atoms. The van der Waals surface area contributed by atoms with Crippen LogP contribution in [0.5, 0.6) is 0 Å². The van der Waals surface area contributed by atoms with E-state index in [-0.39, 0.29) is 12.1 Å². The van der Waals surface area contributed by atoms with Crippen molar-refractivity contribution in [2.45, 2.75) is 13.3 Å². The van der Waals surface area contributed by atoms with Crippen molar-refractivity contribution in [1.82, 2.24) is 5.32 Å². The third-order valence-corrected chi connectivity index (χ3v) is 2.27. The number of rotatable bonds is 4. The second-order valence-electron chi connectivity index (χ2n) is 3.61. The molecule has 1 rings (SSSR count). The summed E-state index contributed by atoms with van der Waals surface area (Å²) in [7, 11) is 0. The predicted molar refractivity (Wildman–Crippen MR) is 70.2 cm³/mol. The lowest BCUT2D eigenvalue weighted by molar-refractivity contribution is -0.394. The lowest BCUT2D eigenvalue weighted by Gasteiger charge is -2.02. The van der Waals surface area contributed by atoms with Crippen molar-refractivity contribution < 1.29 is 14.6 Å². The van der Waals surface area contributed by atoms with E-state index in [0.717, 1.165) is 18.2 Å². The van der Waals surface area contributed by atoms with Crippen molar-refractivity contribution in [3.8, 4) is 11.8 Å². The van der Waals surface area contributed by atoms with E-state index in [2.05, 4.69) is 17.2 Å². The Bertz CT molecular complexity index is 615. The Balaban J connectivity index is 3.02. The molecule has 104 valence electrons. The summed E-state index contributed by atoms with van der Waals surface area (Å²) in [5.74, 6) is 4.69. The van der Waals surface area contributed by atoms with Gasteiger partial charge in [0.15, 0.2) is 0 Å². The highest BCUT2D eigenvalue weighted by molar-refractivity contribution is 5.98. The van der Waals surface area contributed by atoms with Crippen LogP contribution in [-0.4, -0.2) is 22.3 Å². The van der Waals surface area contributed by atoms with Gasteiger partial charge in [-0.1, -0.05) is 12.8 Å². The van der Waals surface area contributed by atoms with Crippen LogP contribution in [0.3, 0.4) is 0 Å². The number of carbonyl (C=O) groups is 1. The van der Waals surface area contributed by atoms with Crippen molar-refractivity contribution in [3.63, 3.8) is 0 Å². The first kappa shape index (κ1) is 15.1. The average Bonchev–Trinajstić information content (AvgIpc) is 2.42. The molecule has 0 saturated carbocycles. The molecule has 0 saturated heterocycles. The smallest absolute Gasteiger partial charge is 0.289 e. The van der Waals surface area contributed by atoms with E-state index in [0.29, 0.717) is 6.42 Å². The number of nitrogens with zero attached hydrogens (tertiary/aromatic N) is 2. The zero-order valence-electron chi connectivity index (χ0n) is 10.6. The normalized spacial score (nSPS) is 9.25. The molecule has 0 spiro atoms. The Morgan fingerprint density at radius 3 is 2.50 bits per heavy atom. The molecule has 0 heterocycles. The number of nitrogens with one attached hydrogen (secondary N) is 1. The van der Waals surface area contributed by atoms with Crippen LogP contribution in [0.1, 0.15) is 23.7 Å². The maximum Gasteiger partial charge on any atom is 0.289 e. The lowest BCUT2D eigenvalue weighted by atomic mass is 10.1. The molecule has 8 nitrogen and oxygen atoms in total. The summed E-state index contributed by atoms with van der Waals surface area (Å²) in [4.78, 5) is 31.6. The number of nitro groups is 2. The van der Waals surface area contributed by atoms with Gasteiger partial charge in [0.1, 0.15) is 5.56 Å². The molecule has 0 aliphatic heterocycles. The third kappa shape index (κ3) is 3.78. The highest BCUT2D eigenvalue weighted by Gasteiger charge is 2.23. The van der Waals surface area contributed by atoms with E-state index in [1.54, 1.807) is 0 Å². The van der Waals surface area contributed by atoms with Gasteiger partial charge in [-0.05, 0) is 6.07 Å². The van der Waals surface area contributed by atoms with Crippen LogP contribution < -0.4 is 5.32 Å². The Kier molecular flexibility index (Phi) is 5.17. The molecular weight excluding hydrogens is 266 g/mol. The average molecular weight is 277 g/mol. The van der Waals surface area contributed by atoms with Crippen molar-refractivity contribution >= 4 is 17.3 Å². The SMILES string of the molecule is CCC#CCNC(=O)c1ccc([N+](=O)[O-])cc1[N+](=O)[O-]. The van der Waals surface area contributed by atoms with E-state index in [4.69, 9.17) is 0 Å². The molecular formula is C12H11N3O5. The second-order valence-corrected chi connectivity index (χ2v) is 3.61. The highest BCUT2D eigenvalue weighted by Crippen LogP contribution is 2.24. The maximum atomic E-state index is 11.8. The van der Waals surface area contributed by atoms with Crippen LogP contribution >= 0.6 is 0 Å². The molecule has 0 fully saturated rings. The Morgan fingerprint density at radius 1 is 1.25 bits per heavy atom. The number of nitro benzene ring substituents is 2. The molecule has 0 aliphatic rings. The van der Waals surface area contributed by atoms with Gasteiger partial charge in [-0.25, -0.2) is 0 Å². The van der Waals surface area contributed by atoms with E-state index in [1.165, 1.54) is 0 Å². The third-order valence-electron chi connectivity index (χ3n) is 2.27. The first-order valence-electron chi connectivity index (χ1n) is 5.64. The van der Waals surface area contributed by atoms with E-state index >= 15 is 0 Å². The standard InChI is InChI=1S/C12H11N3O5/c1-2-3-4-7-13-12(16)10-6-5-9(14(17)18)8-11(10)15(19)20/h5-6,8H,2,7H2,1H3,(H,13,16). The summed E-state index contributed by atoms with van der Waals surface area (Å²) in [6, 6.07) is 2.85. The fourth-order valence-corrected chi connectivity index (χ4v) is 1.38. The number of hydrogen-bond acceptors (Lipinski definition) is 5. The molecule has 1 amide bonds. The molecule has 1 N–H and O–H groups in total. The number of benzene rings is 1. The van der Waals surface area contributed by atoms with Crippen LogP contribution in [0.4, 0.5) is 11.4 Å². The summed E-state index contributed by atoms with van der Waals surface area (Å²) in [6.07, 6.45) is 0.632. The van der Waals surface area contributed by atoms with Crippen LogP contribution in [0.15, 0.2) is 18.2 Å². The Labute approximate surface area is 114 Å². The van der Waals surface area contributed by atoms with Gasteiger partial charge in [0.25, 0.3) is 17.3 Å². The van der Waals surface area contributed by atoms with Gasteiger partial charge in [-0.15, -0.1) is 5.92 Å². The first-order chi connectivity index (χ1) is 9.47. The summed E-state index contributed by atoms with van der Waals surface area (Å²) < 4.78 is 0. The molecule has 8 heteroatoms. The van der Waals surface area contributed by atoms with Crippen molar-refractivity contribution in [2.75, 3.05) is 6.54 Å². The largest absolute Gasteiger partial charge is 0.341 e. The van der Waals surface area contributed by atoms with Gasteiger partial charge in [0.05, 0.1) is 22.5 Å². The Hall–Kier alpha value is -2.95. The fraction of sp³-hybridized carbons (Fsp3) is 0.250. The quantitative estimate of drug-likeness (QED) is 0.510. The maximum absolute atomic E-state index is 11.8. The van der Waals surface area contributed by atoms with Gasteiger partial charge in [0, 0.05) is 12.5 Å². The molecule has 1 aromatic rings. The molecule has 20 heavy (non-hydrogen) atoms. The molecule has 0 aromatic heterocycles. The zero-order chi connectivity index (χ0) is 15.1. The monoisotopic (exact) mass is 277 g/mol. The van der Waals surface area contributed by atoms with Crippen LogP contribution in [0, 0.1) is 32.1 Å². The zero-order valence-corrected chi connectivity index (χ0v) is 10.6. The molecule has 0 aliphatic carbocycles. The lowest BCUT2D eigenvalue weighted by Crippen LogP contribution is -2.24. The molecule has 0 unspecified atom stereocenters. The first-order valence-corrected chi connectivity index (χ1v) is 5.64. The molecule has 0 radical (unpaired) electrons. The van der Waals surface area contributed by atoms with Crippen LogP contribution in [0.25, 0.3) is 0 Å². The minimum absolute atomic E-state index is 0.0564.